The second kappa shape index (κ2) is 7.66. The minimum Gasteiger partial charge on any atom is -0.493 e. The number of rotatable bonds is 4. The third kappa shape index (κ3) is 3.31. The molecule has 3 rings (SSSR count). The lowest BCUT2D eigenvalue weighted by Crippen LogP contribution is -2.38. The molecule has 0 aromatic heterocycles. The zero-order valence-corrected chi connectivity index (χ0v) is 17.3. The average Bonchev–Trinajstić information content (AvgIpc) is 2.97. The first-order chi connectivity index (χ1) is 12.9. The second-order valence-electron chi connectivity index (χ2n) is 5.71. The van der Waals surface area contributed by atoms with E-state index in [-0.39, 0.29) is 5.82 Å². The van der Waals surface area contributed by atoms with E-state index in [4.69, 9.17) is 15.2 Å². The number of amidine groups is 1. The number of nitriles is 1. The van der Waals surface area contributed by atoms with E-state index in [0.717, 1.165) is 10.0 Å². The molecule has 2 aliphatic heterocycles. The van der Waals surface area contributed by atoms with Crippen LogP contribution in [0.2, 0.25) is 0 Å². The molecule has 7 nitrogen and oxygen atoms in total. The maximum atomic E-state index is 12.5. The highest BCUT2D eigenvalue weighted by Crippen LogP contribution is 2.46. The summed E-state index contributed by atoms with van der Waals surface area (Å²) in [5, 5.41) is 9.91. The molecule has 140 valence electrons. The van der Waals surface area contributed by atoms with Crippen LogP contribution in [0.1, 0.15) is 25.5 Å². The van der Waals surface area contributed by atoms with E-state index >= 15 is 0 Å². The first-order valence-corrected chi connectivity index (χ1v) is 9.70. The van der Waals surface area contributed by atoms with Gasteiger partial charge in [-0.1, -0.05) is 6.07 Å². The van der Waals surface area contributed by atoms with Crippen molar-refractivity contribution >= 4 is 38.8 Å². The van der Waals surface area contributed by atoms with Crippen LogP contribution >= 0.6 is 27.7 Å². The number of nitrogens with zero attached hydrogens (tertiary/aromatic N) is 3. The number of carbonyl (C=O) groups excluding carboxylic acids is 1. The molecule has 2 heterocycles. The first-order valence-electron chi connectivity index (χ1n) is 8.09. The summed E-state index contributed by atoms with van der Waals surface area (Å²) in [6.07, 6.45) is 0. The van der Waals surface area contributed by atoms with Gasteiger partial charge >= 0.3 is 5.97 Å². The molecule has 0 fully saturated rings. The van der Waals surface area contributed by atoms with Crippen molar-refractivity contribution in [3.05, 3.63) is 50.2 Å². The average molecular weight is 449 g/mol. The lowest BCUT2D eigenvalue weighted by Gasteiger charge is -2.34. The van der Waals surface area contributed by atoms with Crippen LogP contribution in [0.5, 0.6) is 5.75 Å². The van der Waals surface area contributed by atoms with Gasteiger partial charge in [-0.2, -0.15) is 5.26 Å². The number of esters is 1. The third-order valence-electron chi connectivity index (χ3n) is 4.15. The van der Waals surface area contributed by atoms with Gasteiger partial charge in [0.15, 0.2) is 5.17 Å². The number of halogens is 1. The number of ether oxygens (including phenoxy) is 2. The van der Waals surface area contributed by atoms with E-state index in [1.165, 1.54) is 18.9 Å². The summed E-state index contributed by atoms with van der Waals surface area (Å²) in [6, 6.07) is 7.08. The SMILES string of the molecule is CCOc1ccc([C@H]2C(C(=O)OC)=C(C)N=C3SC(C#N)=C(N)N32)cc1Br. The molecular formula is C18H17BrN4O3S. The maximum absolute atomic E-state index is 12.5. The van der Waals surface area contributed by atoms with E-state index in [9.17, 15) is 10.1 Å². The van der Waals surface area contributed by atoms with Crippen molar-refractivity contribution in [1.82, 2.24) is 4.90 Å². The van der Waals surface area contributed by atoms with Crippen LogP contribution in [0, 0.1) is 11.3 Å². The highest BCUT2D eigenvalue weighted by Gasteiger charge is 2.42. The summed E-state index contributed by atoms with van der Waals surface area (Å²) in [5.74, 6) is 0.474. The fourth-order valence-electron chi connectivity index (χ4n) is 2.99. The van der Waals surface area contributed by atoms with Crippen LogP contribution in [-0.2, 0) is 9.53 Å². The number of hydrogen-bond acceptors (Lipinski definition) is 8. The molecule has 1 aromatic rings. The van der Waals surface area contributed by atoms with Crippen molar-refractivity contribution in [2.75, 3.05) is 13.7 Å². The van der Waals surface area contributed by atoms with E-state index in [1.807, 2.05) is 25.1 Å². The predicted molar refractivity (Wildman–Crippen MR) is 106 cm³/mol. The first kappa shape index (κ1) is 19.3. The van der Waals surface area contributed by atoms with E-state index in [0.29, 0.717) is 33.7 Å². The van der Waals surface area contributed by atoms with Crippen LogP contribution in [0.15, 0.2) is 49.7 Å². The van der Waals surface area contributed by atoms with E-state index in [1.54, 1.807) is 11.8 Å². The van der Waals surface area contributed by atoms with Crippen molar-refractivity contribution in [1.29, 1.82) is 5.26 Å². The molecule has 1 atom stereocenters. The summed E-state index contributed by atoms with van der Waals surface area (Å²) < 4.78 is 11.3. The van der Waals surface area contributed by atoms with Gasteiger partial charge in [-0.15, -0.1) is 0 Å². The van der Waals surface area contributed by atoms with Crippen LogP contribution in [0.3, 0.4) is 0 Å². The molecule has 0 amide bonds. The molecule has 2 aliphatic rings. The Morgan fingerprint density at radius 3 is 2.85 bits per heavy atom. The minimum atomic E-state index is -0.560. The number of benzene rings is 1. The molecule has 0 bridgehead atoms. The molecule has 0 spiro atoms. The number of thioether (sulfide) groups is 1. The highest BCUT2D eigenvalue weighted by atomic mass is 79.9. The van der Waals surface area contributed by atoms with Gasteiger partial charge in [0.05, 0.1) is 35.5 Å². The molecule has 9 heteroatoms. The second-order valence-corrected chi connectivity index (χ2v) is 7.54. The molecule has 0 radical (unpaired) electrons. The van der Waals surface area contributed by atoms with Gasteiger partial charge in [0, 0.05) is 0 Å². The molecule has 2 N–H and O–H groups in total. The molecule has 0 aliphatic carbocycles. The molecule has 0 saturated heterocycles. The Morgan fingerprint density at radius 2 is 2.26 bits per heavy atom. The quantitative estimate of drug-likeness (QED) is 0.703. The molecule has 1 aromatic carbocycles. The Bertz CT molecular complexity index is 948. The van der Waals surface area contributed by atoms with Crippen LogP contribution in [0.25, 0.3) is 0 Å². The Morgan fingerprint density at radius 1 is 1.52 bits per heavy atom. The lowest BCUT2D eigenvalue weighted by atomic mass is 9.94. The van der Waals surface area contributed by atoms with E-state index < -0.39 is 12.0 Å². The largest absolute Gasteiger partial charge is 0.493 e. The number of allylic oxidation sites excluding steroid dienone is 2. The summed E-state index contributed by atoms with van der Waals surface area (Å²) in [6.45, 7) is 4.19. The van der Waals surface area contributed by atoms with Gasteiger partial charge in [-0.25, -0.2) is 9.79 Å². The van der Waals surface area contributed by atoms with Crippen molar-refractivity contribution in [3.63, 3.8) is 0 Å². The van der Waals surface area contributed by atoms with Gasteiger partial charge in [-0.3, -0.25) is 4.90 Å². The number of fused-ring (bicyclic) bond motifs is 1. The number of aliphatic imine (C=N–C) groups is 1. The zero-order chi connectivity index (χ0) is 19.7. The Labute approximate surface area is 169 Å². The van der Waals surface area contributed by atoms with Crippen molar-refractivity contribution < 1.29 is 14.3 Å². The fraction of sp³-hybridized carbons (Fsp3) is 0.278. The van der Waals surface area contributed by atoms with Crippen LogP contribution in [0.4, 0.5) is 0 Å². The normalized spacial score (nSPS) is 18.9. The maximum Gasteiger partial charge on any atom is 0.338 e. The summed E-state index contributed by atoms with van der Waals surface area (Å²) in [5.41, 5.74) is 7.90. The topological polar surface area (TPSA) is 101 Å². The smallest absolute Gasteiger partial charge is 0.338 e. The van der Waals surface area contributed by atoms with Crippen LogP contribution in [-0.4, -0.2) is 29.8 Å². The molecule has 0 unspecified atom stereocenters. The molecule has 0 saturated carbocycles. The molecule has 27 heavy (non-hydrogen) atoms. The van der Waals surface area contributed by atoms with E-state index in [2.05, 4.69) is 27.0 Å². The van der Waals surface area contributed by atoms with Crippen molar-refractivity contribution in [2.24, 2.45) is 10.7 Å². The minimum absolute atomic E-state index is 0.269. The van der Waals surface area contributed by atoms with Crippen LogP contribution < -0.4 is 10.5 Å². The molecular weight excluding hydrogens is 432 g/mol. The monoisotopic (exact) mass is 448 g/mol. The Balaban J connectivity index is 2.17. The Kier molecular flexibility index (Phi) is 5.48. The van der Waals surface area contributed by atoms with Gasteiger partial charge in [-0.05, 0) is 59.2 Å². The summed E-state index contributed by atoms with van der Waals surface area (Å²) in [7, 11) is 1.33. The zero-order valence-electron chi connectivity index (χ0n) is 14.9. The van der Waals surface area contributed by atoms with Crippen molar-refractivity contribution in [2.45, 2.75) is 19.9 Å². The van der Waals surface area contributed by atoms with Gasteiger partial charge in [0.25, 0.3) is 0 Å². The number of carbonyl (C=O) groups is 1. The van der Waals surface area contributed by atoms with Gasteiger partial charge in [0.1, 0.15) is 22.5 Å². The number of nitrogens with two attached hydrogens (primary N) is 1. The summed E-state index contributed by atoms with van der Waals surface area (Å²) >= 11 is 4.70. The summed E-state index contributed by atoms with van der Waals surface area (Å²) in [4.78, 5) is 19.0. The lowest BCUT2D eigenvalue weighted by molar-refractivity contribution is -0.136. The van der Waals surface area contributed by atoms with Gasteiger partial charge < -0.3 is 15.2 Å². The highest BCUT2D eigenvalue weighted by molar-refractivity contribution is 9.10. The standard InChI is InChI=1S/C18H17BrN4O3S/c1-4-26-12-6-5-10(7-11(12)19)15-14(17(24)25-3)9(2)22-18-23(15)16(21)13(8-20)27-18/h5-7,15H,4,21H2,1-3H3/t15-/m0/s1. The number of methoxy groups -OCH3 is 1. The Hall–Kier alpha value is -2.44. The number of hydrogen-bond donors (Lipinski definition) is 1. The fourth-order valence-corrected chi connectivity index (χ4v) is 4.41. The van der Waals surface area contributed by atoms with Crippen molar-refractivity contribution in [3.8, 4) is 11.8 Å². The van der Waals surface area contributed by atoms with Gasteiger partial charge in [0.2, 0.25) is 0 Å². The third-order valence-corrected chi connectivity index (χ3v) is 5.75. The predicted octanol–water partition coefficient (Wildman–Crippen LogP) is 3.41.